The number of rotatable bonds is 5. The molecule has 0 bridgehead atoms. The summed E-state index contributed by atoms with van der Waals surface area (Å²) >= 11 is 0. The molecule has 0 aliphatic heterocycles. The van der Waals surface area contributed by atoms with Gasteiger partial charge in [-0.2, -0.15) is 0 Å². The van der Waals surface area contributed by atoms with Crippen molar-refractivity contribution in [3.05, 3.63) is 94.0 Å². The van der Waals surface area contributed by atoms with Crippen LogP contribution in [0.1, 0.15) is 47.8 Å². The highest BCUT2D eigenvalue weighted by molar-refractivity contribution is 6.30. The lowest BCUT2D eigenvalue weighted by molar-refractivity contribution is 0.0467. The van der Waals surface area contributed by atoms with Crippen LogP contribution in [0.5, 0.6) is 11.5 Å². The van der Waals surface area contributed by atoms with Gasteiger partial charge in [-0.15, -0.1) is 0 Å². The van der Waals surface area contributed by atoms with Crippen molar-refractivity contribution in [2.24, 2.45) is 0 Å². The van der Waals surface area contributed by atoms with E-state index in [9.17, 15) is 14.4 Å². The largest absolute Gasteiger partial charge is 0.497 e. The van der Waals surface area contributed by atoms with E-state index in [4.69, 9.17) is 14.2 Å². The fourth-order valence-electron chi connectivity index (χ4n) is 3.53. The van der Waals surface area contributed by atoms with Crippen LogP contribution in [0.4, 0.5) is 0 Å². The Morgan fingerprint density at radius 1 is 0.800 bits per heavy atom. The smallest absolute Gasteiger partial charge is 0.339 e. The Hall–Kier alpha value is -3.93. The van der Waals surface area contributed by atoms with Crippen molar-refractivity contribution >= 4 is 17.5 Å². The summed E-state index contributed by atoms with van der Waals surface area (Å²) in [5.74, 6) is -0.219. The van der Waals surface area contributed by atoms with Gasteiger partial charge in [-0.3, -0.25) is 9.59 Å². The summed E-state index contributed by atoms with van der Waals surface area (Å²) in [5, 5.41) is 0. The van der Waals surface area contributed by atoms with E-state index in [1.807, 2.05) is 0 Å². The number of esters is 1. The van der Waals surface area contributed by atoms with Gasteiger partial charge < -0.3 is 14.2 Å². The molecule has 0 spiro atoms. The highest BCUT2D eigenvalue weighted by atomic mass is 16.5. The topological polar surface area (TPSA) is 78.9 Å². The number of ether oxygens (including phenoxy) is 3. The molecule has 0 aromatic heterocycles. The van der Waals surface area contributed by atoms with Gasteiger partial charge in [0.1, 0.15) is 18.1 Å². The monoisotopic (exact) mass is 402 g/mol. The third kappa shape index (κ3) is 3.22. The highest BCUT2D eigenvalue weighted by Gasteiger charge is 2.33. The molecule has 1 aliphatic carbocycles. The fraction of sp³-hybridized carbons (Fsp3) is 0.125. The molecule has 0 amide bonds. The van der Waals surface area contributed by atoms with E-state index in [0.717, 1.165) is 0 Å². The summed E-state index contributed by atoms with van der Waals surface area (Å²) in [7, 11) is 3.05. The van der Waals surface area contributed by atoms with E-state index in [0.29, 0.717) is 22.6 Å². The average Bonchev–Trinajstić information content (AvgIpc) is 2.80. The fourth-order valence-corrected chi connectivity index (χ4v) is 3.53. The molecule has 0 saturated heterocycles. The Morgan fingerprint density at radius 2 is 1.50 bits per heavy atom. The number of benzene rings is 3. The molecule has 4 rings (SSSR count). The van der Waals surface area contributed by atoms with E-state index < -0.39 is 5.97 Å². The van der Waals surface area contributed by atoms with Crippen LogP contribution in [-0.2, 0) is 11.3 Å². The number of hydrogen-bond donors (Lipinski definition) is 0. The van der Waals surface area contributed by atoms with Crippen LogP contribution in [-0.4, -0.2) is 31.8 Å². The Kier molecular flexibility index (Phi) is 5.06. The van der Waals surface area contributed by atoms with Crippen LogP contribution in [0.2, 0.25) is 0 Å². The minimum absolute atomic E-state index is 0.0576. The predicted octanol–water partition coefficient (Wildman–Crippen LogP) is 3.84. The Labute approximate surface area is 173 Å². The highest BCUT2D eigenvalue weighted by Crippen LogP contribution is 2.30. The molecule has 0 unspecified atom stereocenters. The molecule has 0 atom stereocenters. The van der Waals surface area contributed by atoms with E-state index in [2.05, 4.69) is 0 Å². The molecule has 3 aromatic rings. The number of carbonyl (C=O) groups excluding carboxylic acids is 3. The first-order valence-corrected chi connectivity index (χ1v) is 9.24. The lowest BCUT2D eigenvalue weighted by Crippen LogP contribution is -2.24. The van der Waals surface area contributed by atoms with Crippen molar-refractivity contribution in [2.75, 3.05) is 14.2 Å². The molecule has 6 nitrogen and oxygen atoms in total. The standard InChI is InChI=1S/C24H18O6/c1-28-15-10-11-20(29-2)14(12-15)13-30-24(27)19-9-5-8-18-21(19)23(26)17-7-4-3-6-16(17)22(18)25/h3-12H,13H2,1-2H3. The second kappa shape index (κ2) is 7.83. The molecule has 3 aromatic carbocycles. The first kappa shape index (κ1) is 19.4. The minimum atomic E-state index is -0.697. The molecule has 0 fully saturated rings. The van der Waals surface area contributed by atoms with Crippen LogP contribution in [0.3, 0.4) is 0 Å². The Balaban J connectivity index is 1.66. The van der Waals surface area contributed by atoms with Gasteiger partial charge in [-0.25, -0.2) is 4.79 Å². The van der Waals surface area contributed by atoms with E-state index in [-0.39, 0.29) is 40.4 Å². The van der Waals surface area contributed by atoms with Gasteiger partial charge in [-0.05, 0) is 24.3 Å². The third-order valence-corrected chi connectivity index (χ3v) is 5.02. The van der Waals surface area contributed by atoms with Crippen molar-refractivity contribution in [1.29, 1.82) is 0 Å². The summed E-state index contributed by atoms with van der Waals surface area (Å²) < 4.78 is 16.0. The molecule has 150 valence electrons. The quantitative estimate of drug-likeness (QED) is 0.472. The number of carbonyl (C=O) groups is 3. The maximum atomic E-state index is 13.0. The zero-order valence-corrected chi connectivity index (χ0v) is 16.4. The second-order valence-corrected chi connectivity index (χ2v) is 6.69. The van der Waals surface area contributed by atoms with Gasteiger partial charge in [-0.1, -0.05) is 36.4 Å². The SMILES string of the molecule is COc1ccc(OC)c(COC(=O)c2cccc3c2C(=O)c2ccccc2C3=O)c1. The van der Waals surface area contributed by atoms with Crippen LogP contribution < -0.4 is 9.47 Å². The summed E-state index contributed by atoms with van der Waals surface area (Å²) in [6, 6.07) is 16.3. The molecule has 0 heterocycles. The van der Waals surface area contributed by atoms with Gasteiger partial charge in [0.2, 0.25) is 0 Å². The number of methoxy groups -OCH3 is 2. The average molecular weight is 402 g/mol. The minimum Gasteiger partial charge on any atom is -0.497 e. The summed E-state index contributed by atoms with van der Waals surface area (Å²) in [6.07, 6.45) is 0. The maximum Gasteiger partial charge on any atom is 0.339 e. The summed E-state index contributed by atoms with van der Waals surface area (Å²) in [6.45, 7) is -0.0817. The van der Waals surface area contributed by atoms with Crippen LogP contribution >= 0.6 is 0 Å². The summed E-state index contributed by atoms with van der Waals surface area (Å²) in [4.78, 5) is 38.7. The third-order valence-electron chi connectivity index (χ3n) is 5.02. The molecule has 6 heteroatoms. The molecule has 30 heavy (non-hydrogen) atoms. The van der Waals surface area contributed by atoms with E-state index in [1.165, 1.54) is 20.3 Å². The van der Waals surface area contributed by atoms with Gasteiger partial charge in [0, 0.05) is 27.8 Å². The number of fused-ring (bicyclic) bond motifs is 2. The van der Waals surface area contributed by atoms with Crippen LogP contribution in [0.15, 0.2) is 60.7 Å². The van der Waals surface area contributed by atoms with Crippen molar-refractivity contribution < 1.29 is 28.6 Å². The number of hydrogen-bond acceptors (Lipinski definition) is 6. The summed E-state index contributed by atoms with van der Waals surface area (Å²) in [5.41, 5.74) is 1.56. The first-order chi connectivity index (χ1) is 14.5. The van der Waals surface area contributed by atoms with Gasteiger partial charge in [0.15, 0.2) is 11.6 Å². The van der Waals surface area contributed by atoms with Crippen molar-refractivity contribution in [2.45, 2.75) is 6.61 Å². The molecule has 0 saturated carbocycles. The van der Waals surface area contributed by atoms with E-state index >= 15 is 0 Å². The van der Waals surface area contributed by atoms with Crippen LogP contribution in [0.25, 0.3) is 0 Å². The second-order valence-electron chi connectivity index (χ2n) is 6.69. The van der Waals surface area contributed by atoms with Crippen LogP contribution in [0, 0.1) is 0 Å². The molecular formula is C24H18O6. The predicted molar refractivity (Wildman–Crippen MR) is 108 cm³/mol. The zero-order valence-electron chi connectivity index (χ0n) is 16.4. The van der Waals surface area contributed by atoms with Gasteiger partial charge in [0.25, 0.3) is 0 Å². The Bertz CT molecular complexity index is 1180. The molecule has 1 aliphatic rings. The van der Waals surface area contributed by atoms with Crippen molar-refractivity contribution in [3.8, 4) is 11.5 Å². The molecule has 0 radical (unpaired) electrons. The van der Waals surface area contributed by atoms with Crippen molar-refractivity contribution in [1.82, 2.24) is 0 Å². The Morgan fingerprint density at radius 3 is 2.20 bits per heavy atom. The molecular weight excluding hydrogens is 384 g/mol. The van der Waals surface area contributed by atoms with Gasteiger partial charge in [0.05, 0.1) is 19.8 Å². The first-order valence-electron chi connectivity index (χ1n) is 9.24. The molecule has 0 N–H and O–H groups in total. The lowest BCUT2D eigenvalue weighted by Gasteiger charge is -2.19. The number of ketones is 2. The van der Waals surface area contributed by atoms with Crippen molar-refractivity contribution in [3.63, 3.8) is 0 Å². The maximum absolute atomic E-state index is 13.0. The normalized spacial score (nSPS) is 12.1. The lowest BCUT2D eigenvalue weighted by atomic mass is 9.82. The van der Waals surface area contributed by atoms with Gasteiger partial charge >= 0.3 is 5.97 Å². The van der Waals surface area contributed by atoms with E-state index in [1.54, 1.807) is 54.6 Å². The zero-order chi connectivity index (χ0) is 21.3.